The summed E-state index contributed by atoms with van der Waals surface area (Å²) in [4.78, 5) is 17.0. The molecule has 0 bridgehead atoms. The first-order valence-electron chi connectivity index (χ1n) is 9.39. The van der Waals surface area contributed by atoms with Crippen molar-refractivity contribution in [1.82, 2.24) is 14.9 Å². The molecule has 0 atom stereocenters. The number of hydrogen-bond acceptors (Lipinski definition) is 2. The summed E-state index contributed by atoms with van der Waals surface area (Å²) in [6.45, 7) is 0.919. The molecule has 0 radical (unpaired) electrons. The molecular weight excluding hydrogens is 382 g/mol. The van der Waals surface area contributed by atoms with Crippen LogP contribution in [0, 0.1) is 0 Å². The van der Waals surface area contributed by atoms with E-state index in [1.165, 1.54) is 6.08 Å². The number of carbonyl (C=O) groups is 1. The molecule has 0 spiro atoms. The first-order valence-corrected chi connectivity index (χ1v) is 9.77. The predicted octanol–water partition coefficient (Wildman–Crippen LogP) is 5.07. The van der Waals surface area contributed by atoms with Crippen molar-refractivity contribution in [2.75, 3.05) is 0 Å². The lowest BCUT2D eigenvalue weighted by Gasteiger charge is -2.11. The number of fused-ring (bicyclic) bond motifs is 1. The number of para-hydroxylation sites is 2. The van der Waals surface area contributed by atoms with Crippen LogP contribution in [0.4, 0.5) is 0 Å². The smallest absolute Gasteiger partial charge is 0.244 e. The second kappa shape index (κ2) is 8.76. The number of rotatable bonds is 6. The molecule has 4 aromatic rings. The zero-order valence-electron chi connectivity index (χ0n) is 15.8. The van der Waals surface area contributed by atoms with Crippen LogP contribution in [0.2, 0.25) is 5.02 Å². The first-order chi connectivity index (χ1) is 14.2. The Kier molecular flexibility index (Phi) is 5.73. The molecule has 29 heavy (non-hydrogen) atoms. The highest BCUT2D eigenvalue weighted by atomic mass is 35.5. The highest BCUT2D eigenvalue weighted by Gasteiger charge is 2.12. The van der Waals surface area contributed by atoms with Crippen molar-refractivity contribution in [2.24, 2.45) is 0 Å². The van der Waals surface area contributed by atoms with Gasteiger partial charge in [0.1, 0.15) is 5.82 Å². The lowest BCUT2D eigenvalue weighted by Crippen LogP contribution is -2.23. The van der Waals surface area contributed by atoms with Gasteiger partial charge >= 0.3 is 0 Å². The molecular formula is C24H20ClN3O. The average Bonchev–Trinajstić information content (AvgIpc) is 3.10. The van der Waals surface area contributed by atoms with Gasteiger partial charge in [0.15, 0.2) is 0 Å². The molecule has 0 saturated carbocycles. The maximum Gasteiger partial charge on any atom is 0.244 e. The van der Waals surface area contributed by atoms with Gasteiger partial charge in [0.05, 0.1) is 24.1 Å². The van der Waals surface area contributed by atoms with Crippen LogP contribution < -0.4 is 5.32 Å². The fourth-order valence-electron chi connectivity index (χ4n) is 3.19. The molecule has 0 aliphatic carbocycles. The van der Waals surface area contributed by atoms with E-state index in [-0.39, 0.29) is 5.91 Å². The minimum absolute atomic E-state index is 0.162. The van der Waals surface area contributed by atoms with E-state index < -0.39 is 0 Å². The summed E-state index contributed by atoms with van der Waals surface area (Å²) in [6.07, 6.45) is 3.33. The second-order valence-corrected chi connectivity index (χ2v) is 7.06. The highest BCUT2D eigenvalue weighted by molar-refractivity contribution is 6.31. The Hall–Kier alpha value is -3.37. The zero-order valence-corrected chi connectivity index (χ0v) is 16.5. The van der Waals surface area contributed by atoms with Gasteiger partial charge in [0.2, 0.25) is 5.91 Å². The summed E-state index contributed by atoms with van der Waals surface area (Å²) in [7, 11) is 0. The molecule has 1 heterocycles. The normalized spacial score (nSPS) is 11.2. The quantitative estimate of drug-likeness (QED) is 0.458. The van der Waals surface area contributed by atoms with Gasteiger partial charge in [0, 0.05) is 11.1 Å². The molecule has 0 aliphatic heterocycles. The monoisotopic (exact) mass is 401 g/mol. The first kappa shape index (κ1) is 19.0. The van der Waals surface area contributed by atoms with Crippen LogP contribution in [0.3, 0.4) is 0 Å². The molecule has 0 saturated heterocycles. The zero-order chi connectivity index (χ0) is 20.1. The number of halogens is 1. The minimum Gasteiger partial charge on any atom is -0.345 e. The Morgan fingerprint density at radius 2 is 1.69 bits per heavy atom. The van der Waals surface area contributed by atoms with E-state index in [2.05, 4.69) is 9.88 Å². The summed E-state index contributed by atoms with van der Waals surface area (Å²) in [5.41, 5.74) is 3.89. The standard InChI is InChI=1S/C24H20ClN3O/c25-20-11-5-4-10-19(20)17-28-22-13-7-6-12-21(22)27-23(28)16-26-24(29)15-14-18-8-2-1-3-9-18/h1-15H,16-17H2,(H,26,29)/b15-14-. The molecule has 5 heteroatoms. The fraction of sp³-hybridized carbons (Fsp3) is 0.0833. The van der Waals surface area contributed by atoms with E-state index in [9.17, 15) is 4.79 Å². The van der Waals surface area contributed by atoms with Crippen molar-refractivity contribution >= 4 is 34.6 Å². The molecule has 0 fully saturated rings. The third kappa shape index (κ3) is 4.55. The Morgan fingerprint density at radius 1 is 0.966 bits per heavy atom. The van der Waals surface area contributed by atoms with Crippen molar-refractivity contribution < 1.29 is 4.79 Å². The predicted molar refractivity (Wildman–Crippen MR) is 118 cm³/mol. The summed E-state index contributed by atoms with van der Waals surface area (Å²) >= 11 is 6.36. The molecule has 144 valence electrons. The van der Waals surface area contributed by atoms with Gasteiger partial charge in [0.25, 0.3) is 0 Å². The molecule has 4 rings (SSSR count). The summed E-state index contributed by atoms with van der Waals surface area (Å²) in [6, 6.07) is 25.4. The van der Waals surface area contributed by atoms with Crippen LogP contribution >= 0.6 is 11.6 Å². The number of nitrogens with one attached hydrogen (secondary N) is 1. The van der Waals surface area contributed by atoms with Crippen LogP contribution in [0.15, 0.2) is 84.9 Å². The number of imidazole rings is 1. The lowest BCUT2D eigenvalue weighted by molar-refractivity contribution is -0.116. The molecule has 4 nitrogen and oxygen atoms in total. The van der Waals surface area contributed by atoms with Crippen molar-refractivity contribution in [2.45, 2.75) is 13.1 Å². The molecule has 1 aromatic heterocycles. The van der Waals surface area contributed by atoms with Gasteiger partial charge in [-0.3, -0.25) is 4.79 Å². The number of aromatic nitrogens is 2. The van der Waals surface area contributed by atoms with Crippen molar-refractivity contribution in [1.29, 1.82) is 0 Å². The summed E-state index contributed by atoms with van der Waals surface area (Å²) in [5.74, 6) is 0.623. The van der Waals surface area contributed by atoms with Gasteiger partial charge in [-0.2, -0.15) is 0 Å². The highest BCUT2D eigenvalue weighted by Crippen LogP contribution is 2.21. The van der Waals surface area contributed by atoms with E-state index in [1.54, 1.807) is 6.08 Å². The summed E-state index contributed by atoms with van der Waals surface area (Å²) < 4.78 is 2.09. The van der Waals surface area contributed by atoms with Crippen LogP contribution in [0.1, 0.15) is 17.0 Å². The molecule has 0 unspecified atom stereocenters. The number of nitrogens with zero attached hydrogens (tertiary/aromatic N) is 2. The fourth-order valence-corrected chi connectivity index (χ4v) is 3.39. The van der Waals surface area contributed by atoms with Crippen molar-refractivity contribution in [3.63, 3.8) is 0 Å². The molecule has 1 amide bonds. The molecule has 3 aromatic carbocycles. The van der Waals surface area contributed by atoms with E-state index >= 15 is 0 Å². The van der Waals surface area contributed by atoms with Gasteiger partial charge in [-0.1, -0.05) is 72.3 Å². The van der Waals surface area contributed by atoms with Gasteiger partial charge in [-0.15, -0.1) is 0 Å². The van der Waals surface area contributed by atoms with Crippen molar-refractivity contribution in [3.8, 4) is 0 Å². The Labute approximate surface area is 174 Å². The largest absolute Gasteiger partial charge is 0.345 e. The average molecular weight is 402 g/mol. The minimum atomic E-state index is -0.162. The van der Waals surface area contributed by atoms with E-state index in [0.717, 1.165) is 28.0 Å². The number of carbonyl (C=O) groups excluding carboxylic acids is 1. The maximum absolute atomic E-state index is 12.3. The van der Waals surface area contributed by atoms with E-state index in [4.69, 9.17) is 16.6 Å². The SMILES string of the molecule is O=C(/C=C\c1ccccc1)NCc1nc2ccccc2n1Cc1ccccc1Cl. The lowest BCUT2D eigenvalue weighted by atomic mass is 10.2. The van der Waals surface area contributed by atoms with Gasteiger partial charge < -0.3 is 9.88 Å². The third-order valence-corrected chi connectivity index (χ3v) is 5.04. The van der Waals surface area contributed by atoms with Crippen LogP contribution in [-0.2, 0) is 17.9 Å². The Balaban J connectivity index is 1.54. The van der Waals surface area contributed by atoms with E-state index in [0.29, 0.717) is 18.1 Å². The maximum atomic E-state index is 12.3. The Morgan fingerprint density at radius 3 is 2.52 bits per heavy atom. The molecule has 0 aliphatic rings. The third-order valence-electron chi connectivity index (χ3n) is 4.67. The van der Waals surface area contributed by atoms with Crippen LogP contribution in [-0.4, -0.2) is 15.5 Å². The van der Waals surface area contributed by atoms with Crippen molar-refractivity contribution in [3.05, 3.63) is 107 Å². The van der Waals surface area contributed by atoms with Gasteiger partial charge in [-0.05, 0) is 35.4 Å². The topological polar surface area (TPSA) is 46.9 Å². The number of hydrogen-bond donors (Lipinski definition) is 1. The van der Waals surface area contributed by atoms with Gasteiger partial charge in [-0.25, -0.2) is 4.98 Å². The Bertz CT molecular complexity index is 1170. The number of benzene rings is 3. The van der Waals surface area contributed by atoms with E-state index in [1.807, 2.05) is 78.9 Å². The molecule has 1 N–H and O–H groups in total. The number of amides is 1. The second-order valence-electron chi connectivity index (χ2n) is 6.66. The van der Waals surface area contributed by atoms with Crippen LogP contribution in [0.5, 0.6) is 0 Å². The van der Waals surface area contributed by atoms with Crippen LogP contribution in [0.25, 0.3) is 17.1 Å². The summed E-state index contributed by atoms with van der Waals surface area (Å²) in [5, 5.41) is 3.64.